The van der Waals surface area contributed by atoms with Crippen LogP contribution >= 0.6 is 23.5 Å². The van der Waals surface area contributed by atoms with Gasteiger partial charge in [0.15, 0.2) is 41.3 Å². The van der Waals surface area contributed by atoms with Crippen LogP contribution in [0.1, 0.15) is 143 Å². The number of imidazole rings is 2. The van der Waals surface area contributed by atoms with Gasteiger partial charge < -0.3 is 103 Å². The zero-order chi connectivity index (χ0) is 69.4. The number of nitrogens with two attached hydrogens (primary N) is 3. The minimum atomic E-state index is -4.83. The molecule has 0 amide bonds. The number of rotatable bonds is 18. The maximum Gasteiger partial charge on any atom is 0.351 e. The summed E-state index contributed by atoms with van der Waals surface area (Å²) >= 11 is 0. The van der Waals surface area contributed by atoms with Crippen LogP contribution in [0.3, 0.4) is 0 Å². The van der Waals surface area contributed by atoms with Gasteiger partial charge in [-0.1, -0.05) is 0 Å². The number of phosphoric ester groups is 3. The normalized spacial score (nSPS) is 27.0. The van der Waals surface area contributed by atoms with Crippen molar-refractivity contribution in [2.24, 2.45) is 0 Å². The summed E-state index contributed by atoms with van der Waals surface area (Å²) in [6, 6.07) is 1.35. The van der Waals surface area contributed by atoms with Gasteiger partial charge in [0.05, 0.1) is 66.1 Å². The van der Waals surface area contributed by atoms with Crippen molar-refractivity contribution >= 4 is 63.4 Å². The molecule has 92 heavy (non-hydrogen) atoms. The molecule has 5 aromatic heterocycles. The Morgan fingerprint density at radius 3 is 1.24 bits per heavy atom. The second kappa shape index (κ2) is 28.5. The predicted octanol–water partition coefficient (Wildman–Crippen LogP) is 2.16. The van der Waals surface area contributed by atoms with Crippen LogP contribution in [-0.2, 0) is 69.3 Å². The molecular formula is C53H87N13O23P3-3. The van der Waals surface area contributed by atoms with Crippen molar-refractivity contribution in [2.75, 3.05) is 37.0 Å². The molecule has 3 aliphatic heterocycles. The first-order chi connectivity index (χ1) is 41.8. The van der Waals surface area contributed by atoms with Gasteiger partial charge in [0.1, 0.15) is 72.6 Å². The van der Waals surface area contributed by atoms with E-state index in [1.807, 2.05) is 41.5 Å². The maximum absolute atomic E-state index is 12.5. The molecule has 39 heteroatoms. The van der Waals surface area contributed by atoms with Gasteiger partial charge in [-0.25, -0.2) is 24.7 Å². The number of phosphoric acid groups is 3. The van der Waals surface area contributed by atoms with Crippen molar-refractivity contribution in [3.63, 3.8) is 0 Å². The first-order valence-corrected chi connectivity index (χ1v) is 33.2. The fraction of sp³-hybridized carbons (Fsp3) is 0.736. The number of aliphatic hydroxyl groups is 3. The topological polar surface area (TPSA) is 512 Å². The lowest BCUT2D eigenvalue weighted by molar-refractivity contribution is -0.243. The molecule has 3 fully saturated rings. The van der Waals surface area contributed by atoms with Crippen LogP contribution in [0.4, 0.5) is 17.6 Å². The highest BCUT2D eigenvalue weighted by Gasteiger charge is 2.52. The van der Waals surface area contributed by atoms with Crippen LogP contribution in [0.25, 0.3) is 22.3 Å². The Balaban J connectivity index is 0.000000219. The molecule has 15 atom stereocenters. The van der Waals surface area contributed by atoms with E-state index in [2.05, 4.69) is 34.9 Å². The van der Waals surface area contributed by atoms with Gasteiger partial charge in [-0.2, -0.15) is 9.97 Å². The van der Waals surface area contributed by atoms with E-state index in [0.29, 0.717) is 11.2 Å². The molecule has 5 aromatic rings. The monoisotopic (exact) mass is 1370 g/mol. The number of nitrogens with one attached hydrogen (secondary N) is 1. The van der Waals surface area contributed by atoms with E-state index in [-0.39, 0.29) is 48.6 Å². The lowest BCUT2D eigenvalue weighted by Gasteiger charge is -2.34. The highest BCUT2D eigenvalue weighted by atomic mass is 31.2. The van der Waals surface area contributed by atoms with Gasteiger partial charge in [-0.3, -0.25) is 37.2 Å². The van der Waals surface area contributed by atoms with Gasteiger partial charge in [0.2, 0.25) is 5.95 Å². The molecule has 0 bridgehead atoms. The van der Waals surface area contributed by atoms with Crippen molar-refractivity contribution in [1.82, 2.24) is 48.6 Å². The molecule has 8 heterocycles. The van der Waals surface area contributed by atoms with Crippen molar-refractivity contribution in [1.29, 1.82) is 0 Å². The van der Waals surface area contributed by atoms with E-state index in [4.69, 9.17) is 72.8 Å². The number of nitrogens with zero attached hydrogens (tertiary/aromatic N) is 9. The Labute approximate surface area is 530 Å². The Kier molecular flexibility index (Phi) is 23.6. The first-order valence-electron chi connectivity index (χ1n) is 28.8. The van der Waals surface area contributed by atoms with Crippen molar-refractivity contribution in [3.8, 4) is 0 Å². The Morgan fingerprint density at radius 1 is 0.522 bits per heavy atom. The van der Waals surface area contributed by atoms with Crippen LogP contribution in [-0.4, -0.2) is 172 Å². The van der Waals surface area contributed by atoms with Crippen molar-refractivity contribution in [2.45, 2.75) is 232 Å². The van der Waals surface area contributed by atoms with Crippen LogP contribution in [0.15, 0.2) is 40.8 Å². The fourth-order valence-corrected chi connectivity index (χ4v) is 12.8. The Morgan fingerprint density at radius 2 is 0.880 bits per heavy atom. The summed E-state index contributed by atoms with van der Waals surface area (Å²) in [6.45, 7) is 30.2. The standard InChI is InChI=1S/C18H30N5O8P.C18H30N5O7P.C17H30N3O8P/c1-17(2,3)28-7-9-12(30-32(26,27)31-18(4,5)6)11(24)15(29-9)23-8-20-10-13(23)21-16(19)22-14(10)25;1-17(2,3)27-7-10-13(29-31(25,26)30-18(4,5)6)12(24)16(28-10)23-9-22-11-14(19)20-8-21-15(11)23;1-16(2,3)25-9-10-13(27-29(23,24)28-17(4,5)6)12(21)14(26-10)20-8-7-11(18)19-15(20)22/h8-9,11-12,15,24H,7H2,1-6H3,(H,26,27)(H3,19,21,22,25);8-10,12-13,16,24H,7H2,1-6H3,(H,25,26)(H2,19,20,21);7-8,10,12-14,21H,9H2,1-6H3,(H,23,24)(H2,18,19,22)/p-3/t9-,11+,12?,15-;10-,12+,13?,16-;10-,12+,13?,14-/m111/s1. The summed E-state index contributed by atoms with van der Waals surface area (Å²) < 4.78 is 106. The summed E-state index contributed by atoms with van der Waals surface area (Å²) in [5, 5.41) is 32.6. The smallest absolute Gasteiger partial charge is 0.351 e. The number of ether oxygens (including phenoxy) is 6. The summed E-state index contributed by atoms with van der Waals surface area (Å²) in [7, 11) is -14.4. The largest absolute Gasteiger partial charge is 0.756 e. The van der Waals surface area contributed by atoms with Crippen molar-refractivity contribution < 1.29 is 99.3 Å². The zero-order valence-electron chi connectivity index (χ0n) is 54.5. The highest BCUT2D eigenvalue weighted by molar-refractivity contribution is 7.46. The molecule has 0 radical (unpaired) electrons. The van der Waals surface area contributed by atoms with Gasteiger partial charge in [-0.15, -0.1) is 0 Å². The molecular weight excluding hydrogens is 1280 g/mol. The number of nitrogen functional groups attached to an aromatic ring is 3. The average molecular weight is 1370 g/mol. The third-order valence-corrected chi connectivity index (χ3v) is 16.2. The molecule has 8 rings (SSSR count). The molecule has 36 nitrogen and oxygen atoms in total. The molecule has 0 aliphatic carbocycles. The van der Waals surface area contributed by atoms with Crippen LogP contribution < -0.4 is 43.1 Å². The average Bonchev–Trinajstić information content (AvgIpc) is 1.63. The Bertz CT molecular complexity index is 3590. The van der Waals surface area contributed by atoms with Crippen LogP contribution in [0.2, 0.25) is 0 Å². The number of H-pyrrole nitrogens is 1. The molecule has 0 aromatic carbocycles. The van der Waals surface area contributed by atoms with Gasteiger partial charge >= 0.3 is 5.69 Å². The van der Waals surface area contributed by atoms with E-state index in [9.17, 15) is 53.3 Å². The number of anilines is 3. The van der Waals surface area contributed by atoms with E-state index < -0.39 is 142 Å². The summed E-state index contributed by atoms with van der Waals surface area (Å²) in [5.74, 6) is 0.0147. The fourth-order valence-electron chi connectivity index (χ4n) is 8.96. The minimum absolute atomic E-state index is 0.00166. The molecule has 3 aliphatic rings. The molecule has 0 spiro atoms. The first kappa shape index (κ1) is 76.2. The quantitative estimate of drug-likeness (QED) is 0.0618. The molecule has 10 N–H and O–H groups in total. The Hall–Kier alpha value is -4.85. The number of aromatic amines is 1. The molecule has 6 unspecified atom stereocenters. The van der Waals surface area contributed by atoms with E-state index in [0.717, 1.165) is 4.57 Å². The zero-order valence-corrected chi connectivity index (χ0v) is 57.2. The van der Waals surface area contributed by atoms with E-state index in [1.54, 1.807) is 83.1 Å². The maximum atomic E-state index is 12.5. The van der Waals surface area contributed by atoms with Gasteiger partial charge in [0, 0.05) is 6.20 Å². The van der Waals surface area contributed by atoms with Gasteiger partial charge in [0.25, 0.3) is 29.0 Å². The summed E-state index contributed by atoms with van der Waals surface area (Å²) in [5.41, 5.74) is 11.6. The van der Waals surface area contributed by atoms with Gasteiger partial charge in [-0.05, 0) is 131 Å². The minimum Gasteiger partial charge on any atom is -0.756 e. The van der Waals surface area contributed by atoms with E-state index in [1.165, 1.54) is 40.4 Å². The highest BCUT2D eigenvalue weighted by Crippen LogP contribution is 2.51. The lowest BCUT2D eigenvalue weighted by Crippen LogP contribution is -2.40. The molecule has 3 saturated heterocycles. The second-order valence-corrected chi connectivity index (χ2v) is 31.4. The number of aromatic nitrogens is 10. The lowest BCUT2D eigenvalue weighted by atomic mass is 10.1. The van der Waals surface area contributed by atoms with Crippen LogP contribution in [0, 0.1) is 0 Å². The number of aliphatic hydroxyl groups excluding tert-OH is 3. The SMILES string of the molecule is CC(C)(C)OC[C@H]1O[C@@H](n2ccc(N)nc2=O)[C@@H](O)C1OP(=O)([O-])OC(C)(C)C.CC(C)(C)OC[C@H]1O[C@@H](n2cnc3c(=O)[nH]c(N)nc32)[C@@H](O)C1OP(=O)([O-])OC(C)(C)C.CC(C)(C)OC[C@H]1O[C@@H](n2cnc3c(N)ncnc32)[C@@H](O)C1OP(=O)([O-])OC(C)(C)C. The molecule has 520 valence electrons. The van der Waals surface area contributed by atoms with Crippen molar-refractivity contribution in [3.05, 3.63) is 52.1 Å². The predicted molar refractivity (Wildman–Crippen MR) is 322 cm³/mol. The third kappa shape index (κ3) is 21.6. The second-order valence-electron chi connectivity index (χ2n) is 27.5. The van der Waals surface area contributed by atoms with Crippen LogP contribution in [0.5, 0.6) is 0 Å². The number of fused-ring (bicyclic) bond motifs is 2. The summed E-state index contributed by atoms with van der Waals surface area (Å²) in [6.07, 6.45) is -9.60. The third-order valence-electron chi connectivity index (χ3n) is 12.4. The summed E-state index contributed by atoms with van der Waals surface area (Å²) in [4.78, 5) is 87.6. The van der Waals surface area contributed by atoms with E-state index >= 15 is 0 Å². The number of hydrogen-bond acceptors (Lipinski definition) is 32. The number of hydrogen-bond donors (Lipinski definition) is 7. The molecule has 0 saturated carbocycles.